The molecule has 26 heavy (non-hydrogen) atoms. The van der Waals surface area contributed by atoms with Crippen molar-refractivity contribution in [3.63, 3.8) is 0 Å². The smallest absolute Gasteiger partial charge is 0.199 e. The van der Waals surface area contributed by atoms with Gasteiger partial charge in [0.25, 0.3) is 0 Å². The molecular weight excluding hydrogens is 316 g/mol. The maximum Gasteiger partial charge on any atom is 0.199 e. The van der Waals surface area contributed by atoms with Crippen LogP contribution in [0, 0.1) is 6.92 Å². The molecule has 0 aromatic heterocycles. The van der Waals surface area contributed by atoms with E-state index in [1.165, 1.54) is 39.2 Å². The van der Waals surface area contributed by atoms with Gasteiger partial charge in [0.05, 0.1) is 0 Å². The number of hydrogen-bond donors (Lipinski definition) is 0. The van der Waals surface area contributed by atoms with Crippen LogP contribution in [-0.2, 0) is 0 Å². The summed E-state index contributed by atoms with van der Waals surface area (Å²) in [5, 5.41) is 0. The van der Waals surface area contributed by atoms with Crippen LogP contribution < -0.4 is 4.90 Å². The van der Waals surface area contributed by atoms with Gasteiger partial charge in [0.1, 0.15) is 14.1 Å². The number of allylic oxidation sites excluding steroid dienone is 5. The largest absolute Gasteiger partial charge is 0.378 e. The van der Waals surface area contributed by atoms with E-state index in [2.05, 4.69) is 117 Å². The molecule has 2 nitrogen and oxygen atoms in total. The van der Waals surface area contributed by atoms with Gasteiger partial charge in [-0.1, -0.05) is 36.4 Å². The lowest BCUT2D eigenvalue weighted by Crippen LogP contribution is -2.10. The van der Waals surface area contributed by atoms with E-state index in [4.69, 9.17) is 0 Å². The van der Waals surface area contributed by atoms with Gasteiger partial charge in [-0.05, 0) is 59.0 Å². The second-order valence-electron chi connectivity index (χ2n) is 7.08. The van der Waals surface area contributed by atoms with Crippen molar-refractivity contribution >= 4 is 17.0 Å². The molecule has 2 aromatic rings. The van der Waals surface area contributed by atoms with Gasteiger partial charge in [-0.3, -0.25) is 0 Å². The Labute approximate surface area is 157 Å². The summed E-state index contributed by atoms with van der Waals surface area (Å²) in [6.07, 6.45) is 8.80. The summed E-state index contributed by atoms with van der Waals surface area (Å²) in [6, 6.07) is 17.3. The molecule has 0 saturated heterocycles. The van der Waals surface area contributed by atoms with Crippen molar-refractivity contribution < 1.29 is 4.58 Å². The van der Waals surface area contributed by atoms with Gasteiger partial charge in [-0.25, -0.2) is 4.58 Å². The molecule has 0 bridgehead atoms. The molecule has 0 unspecified atom stereocenters. The SMILES string of the molecule is Cc1cc(N(C)C)ccc1C(=C1C=CC(=[N+](C)C)C=C1)c1ccccc1. The topological polar surface area (TPSA) is 6.25 Å². The summed E-state index contributed by atoms with van der Waals surface area (Å²) < 4.78 is 2.13. The molecule has 3 rings (SSSR count). The van der Waals surface area contributed by atoms with Gasteiger partial charge in [0, 0.05) is 31.9 Å². The van der Waals surface area contributed by atoms with E-state index < -0.39 is 0 Å². The highest BCUT2D eigenvalue weighted by Gasteiger charge is 2.15. The maximum absolute atomic E-state index is 2.26. The Hall–Kier alpha value is -2.87. The van der Waals surface area contributed by atoms with Crippen molar-refractivity contribution in [3.05, 3.63) is 95.1 Å². The first-order chi connectivity index (χ1) is 12.5. The molecule has 0 spiro atoms. The average Bonchev–Trinajstić information content (AvgIpc) is 2.64. The number of rotatable bonds is 3. The van der Waals surface area contributed by atoms with Crippen molar-refractivity contribution in [2.24, 2.45) is 0 Å². The summed E-state index contributed by atoms with van der Waals surface area (Å²) in [4.78, 5) is 2.14. The third-order valence-electron chi connectivity index (χ3n) is 4.73. The summed E-state index contributed by atoms with van der Waals surface area (Å²) in [6.45, 7) is 2.19. The van der Waals surface area contributed by atoms with E-state index >= 15 is 0 Å². The first kappa shape index (κ1) is 17.9. The van der Waals surface area contributed by atoms with Gasteiger partial charge in [-0.15, -0.1) is 0 Å². The zero-order chi connectivity index (χ0) is 18.7. The standard InChI is InChI=1S/C24H27N2/c1-18-17-22(26(4)5)15-16-23(18)24(19-9-7-6-8-10-19)20-11-13-21(14-12-20)25(2)3/h6-17H,1-5H3/q+1. The highest BCUT2D eigenvalue weighted by molar-refractivity contribution is 6.04. The van der Waals surface area contributed by atoms with E-state index in [-0.39, 0.29) is 0 Å². The molecule has 0 atom stereocenters. The lowest BCUT2D eigenvalue weighted by atomic mass is 9.88. The summed E-state index contributed by atoms with van der Waals surface area (Å²) in [5.41, 5.74) is 8.75. The van der Waals surface area contributed by atoms with E-state index in [9.17, 15) is 0 Å². The molecule has 0 fully saturated rings. The highest BCUT2D eigenvalue weighted by atomic mass is 15.1. The molecule has 0 N–H and O–H groups in total. The summed E-state index contributed by atoms with van der Waals surface area (Å²) >= 11 is 0. The lowest BCUT2D eigenvalue weighted by Gasteiger charge is -2.19. The summed E-state index contributed by atoms with van der Waals surface area (Å²) in [7, 11) is 8.30. The highest BCUT2D eigenvalue weighted by Crippen LogP contribution is 2.33. The number of hydrogen-bond acceptors (Lipinski definition) is 1. The minimum Gasteiger partial charge on any atom is -0.378 e. The molecule has 1 aliphatic rings. The zero-order valence-electron chi connectivity index (χ0n) is 16.3. The van der Waals surface area contributed by atoms with Crippen LogP contribution in [0.15, 0.2) is 78.4 Å². The second-order valence-corrected chi connectivity index (χ2v) is 7.08. The fourth-order valence-corrected chi connectivity index (χ4v) is 3.22. The molecule has 0 saturated carbocycles. The molecule has 2 aromatic carbocycles. The molecular formula is C24H27N2+. The number of aryl methyl sites for hydroxylation is 1. The Balaban J connectivity index is 2.19. The molecule has 0 heterocycles. The van der Waals surface area contributed by atoms with E-state index in [1.54, 1.807) is 0 Å². The molecule has 0 aliphatic heterocycles. The lowest BCUT2D eigenvalue weighted by molar-refractivity contribution is -0.462. The van der Waals surface area contributed by atoms with Gasteiger partial charge < -0.3 is 4.90 Å². The molecule has 0 radical (unpaired) electrons. The molecule has 132 valence electrons. The van der Waals surface area contributed by atoms with Crippen LogP contribution in [0.1, 0.15) is 16.7 Å². The number of anilines is 1. The third kappa shape index (κ3) is 3.70. The average molecular weight is 343 g/mol. The van der Waals surface area contributed by atoms with E-state index in [0.29, 0.717) is 0 Å². The van der Waals surface area contributed by atoms with Gasteiger partial charge >= 0.3 is 0 Å². The molecule has 0 amide bonds. The predicted octanol–water partition coefficient (Wildman–Crippen LogP) is 4.70. The molecule has 2 heteroatoms. The van der Waals surface area contributed by atoms with Crippen molar-refractivity contribution in [2.45, 2.75) is 6.92 Å². The number of nitrogens with zero attached hydrogens (tertiary/aromatic N) is 2. The quantitative estimate of drug-likeness (QED) is 0.732. The van der Waals surface area contributed by atoms with Crippen molar-refractivity contribution in [1.82, 2.24) is 0 Å². The predicted molar refractivity (Wildman–Crippen MR) is 113 cm³/mol. The Kier molecular flexibility index (Phi) is 5.22. The number of benzene rings is 2. The van der Waals surface area contributed by atoms with Gasteiger partial charge in [-0.2, -0.15) is 0 Å². The summed E-state index contributed by atoms with van der Waals surface area (Å²) in [5.74, 6) is 0. The zero-order valence-corrected chi connectivity index (χ0v) is 16.3. The normalized spacial score (nSPS) is 13.1. The fraction of sp³-hybridized carbons (Fsp3) is 0.208. The second kappa shape index (κ2) is 7.57. The maximum atomic E-state index is 2.26. The van der Waals surface area contributed by atoms with Gasteiger partial charge in [0.15, 0.2) is 5.71 Å². The van der Waals surface area contributed by atoms with Crippen LogP contribution in [-0.4, -0.2) is 38.5 Å². The monoisotopic (exact) mass is 343 g/mol. The van der Waals surface area contributed by atoms with Gasteiger partial charge in [0.2, 0.25) is 0 Å². The molecule has 1 aliphatic carbocycles. The Morgan fingerprint density at radius 1 is 0.846 bits per heavy atom. The minimum atomic E-state index is 1.21. The van der Waals surface area contributed by atoms with E-state index in [0.717, 1.165) is 0 Å². The van der Waals surface area contributed by atoms with Crippen LogP contribution in [0.5, 0.6) is 0 Å². The fourth-order valence-electron chi connectivity index (χ4n) is 3.22. The third-order valence-corrected chi connectivity index (χ3v) is 4.73. The van der Waals surface area contributed by atoms with Crippen LogP contribution in [0.4, 0.5) is 5.69 Å². The first-order valence-corrected chi connectivity index (χ1v) is 8.96. The van der Waals surface area contributed by atoms with Crippen LogP contribution in [0.2, 0.25) is 0 Å². The Morgan fingerprint density at radius 2 is 1.50 bits per heavy atom. The van der Waals surface area contributed by atoms with E-state index in [1.807, 2.05) is 0 Å². The Bertz CT molecular complexity index is 904. The first-order valence-electron chi connectivity index (χ1n) is 8.96. The van der Waals surface area contributed by atoms with Crippen molar-refractivity contribution in [1.29, 1.82) is 0 Å². The van der Waals surface area contributed by atoms with Crippen LogP contribution >= 0.6 is 0 Å². The van der Waals surface area contributed by atoms with Crippen molar-refractivity contribution in [2.75, 3.05) is 33.1 Å². The van der Waals surface area contributed by atoms with Crippen LogP contribution in [0.25, 0.3) is 5.57 Å². The Morgan fingerprint density at radius 3 is 2.04 bits per heavy atom. The minimum absolute atomic E-state index is 1.21. The van der Waals surface area contributed by atoms with Crippen molar-refractivity contribution in [3.8, 4) is 0 Å². The van der Waals surface area contributed by atoms with Crippen LogP contribution in [0.3, 0.4) is 0 Å².